The third-order valence-corrected chi connectivity index (χ3v) is 2.96. The number of rotatable bonds is 6. The van der Waals surface area contributed by atoms with Gasteiger partial charge in [0.15, 0.2) is 0 Å². The van der Waals surface area contributed by atoms with Crippen LogP contribution in [0.25, 0.3) is 0 Å². The minimum Gasteiger partial charge on any atom is -0.497 e. The lowest BCUT2D eigenvalue weighted by molar-refractivity contribution is 0.413. The summed E-state index contributed by atoms with van der Waals surface area (Å²) in [5.74, 6) is 2.07. The van der Waals surface area contributed by atoms with Crippen molar-refractivity contribution in [3.05, 3.63) is 29.8 Å². The topological polar surface area (TPSA) is 21.3 Å². The van der Waals surface area contributed by atoms with Crippen LogP contribution in [0.5, 0.6) is 5.75 Å². The smallest absolute Gasteiger partial charge is 0.119 e. The lowest BCUT2D eigenvalue weighted by Crippen LogP contribution is -2.21. The van der Waals surface area contributed by atoms with Crippen LogP contribution in [0.15, 0.2) is 24.3 Å². The molecule has 1 aromatic rings. The van der Waals surface area contributed by atoms with Crippen molar-refractivity contribution in [1.82, 2.24) is 5.32 Å². The van der Waals surface area contributed by atoms with Gasteiger partial charge < -0.3 is 10.1 Å². The number of thioether (sulfide) groups is 1. The van der Waals surface area contributed by atoms with Gasteiger partial charge in [0.25, 0.3) is 0 Å². The third-order valence-electron chi connectivity index (χ3n) is 2.35. The second kappa shape index (κ2) is 6.75. The van der Waals surface area contributed by atoms with E-state index in [0.29, 0.717) is 6.04 Å². The molecule has 3 heteroatoms. The lowest BCUT2D eigenvalue weighted by atomic mass is 10.1. The third kappa shape index (κ3) is 4.14. The highest BCUT2D eigenvalue weighted by molar-refractivity contribution is 7.98. The van der Waals surface area contributed by atoms with E-state index >= 15 is 0 Å². The minimum absolute atomic E-state index is 0.382. The van der Waals surface area contributed by atoms with Crippen LogP contribution in [0.2, 0.25) is 0 Å². The average Bonchev–Trinajstić information content (AvgIpc) is 2.29. The summed E-state index contributed by atoms with van der Waals surface area (Å²) in [7, 11) is 1.70. The SMILES string of the molecule is COc1cccc([C@@H](C)NCCSC)c1. The standard InChI is InChI=1S/C12H19NOS/c1-10(13-7-8-15-3)11-5-4-6-12(9-11)14-2/h4-6,9-10,13H,7-8H2,1-3H3/t10-/m1/s1. The molecule has 0 aliphatic heterocycles. The molecule has 0 unspecified atom stereocenters. The second-order valence-electron chi connectivity index (χ2n) is 3.45. The van der Waals surface area contributed by atoms with Crippen molar-refractivity contribution < 1.29 is 4.74 Å². The first-order chi connectivity index (χ1) is 7.27. The highest BCUT2D eigenvalue weighted by Crippen LogP contribution is 2.18. The van der Waals surface area contributed by atoms with Gasteiger partial charge in [0.1, 0.15) is 5.75 Å². The van der Waals surface area contributed by atoms with Crippen LogP contribution in [0.4, 0.5) is 0 Å². The summed E-state index contributed by atoms with van der Waals surface area (Å²) < 4.78 is 5.20. The normalized spacial score (nSPS) is 12.5. The molecule has 0 saturated heterocycles. The monoisotopic (exact) mass is 225 g/mol. The van der Waals surface area contributed by atoms with E-state index in [9.17, 15) is 0 Å². The van der Waals surface area contributed by atoms with Gasteiger partial charge in [0.2, 0.25) is 0 Å². The van der Waals surface area contributed by atoms with E-state index in [-0.39, 0.29) is 0 Å². The van der Waals surface area contributed by atoms with Crippen LogP contribution in [0.1, 0.15) is 18.5 Å². The van der Waals surface area contributed by atoms with Crippen molar-refractivity contribution in [3.8, 4) is 5.75 Å². The molecule has 0 radical (unpaired) electrons. The molecule has 0 amide bonds. The van der Waals surface area contributed by atoms with Crippen LogP contribution in [0.3, 0.4) is 0 Å². The van der Waals surface area contributed by atoms with Gasteiger partial charge in [0, 0.05) is 18.3 Å². The summed E-state index contributed by atoms with van der Waals surface area (Å²) in [6.45, 7) is 3.22. The molecule has 0 bridgehead atoms. The van der Waals surface area contributed by atoms with Crippen molar-refractivity contribution >= 4 is 11.8 Å². The Balaban J connectivity index is 2.52. The van der Waals surface area contributed by atoms with Gasteiger partial charge in [-0.1, -0.05) is 12.1 Å². The van der Waals surface area contributed by atoms with Crippen molar-refractivity contribution in [3.63, 3.8) is 0 Å². The predicted molar refractivity (Wildman–Crippen MR) is 67.8 cm³/mol. The Morgan fingerprint density at radius 1 is 1.47 bits per heavy atom. The number of benzene rings is 1. The summed E-state index contributed by atoms with van der Waals surface area (Å²) in [4.78, 5) is 0. The summed E-state index contributed by atoms with van der Waals surface area (Å²) in [5, 5.41) is 3.47. The van der Waals surface area contributed by atoms with E-state index < -0.39 is 0 Å². The van der Waals surface area contributed by atoms with Crippen molar-refractivity contribution in [2.45, 2.75) is 13.0 Å². The first-order valence-electron chi connectivity index (χ1n) is 5.14. The van der Waals surface area contributed by atoms with E-state index in [2.05, 4.69) is 30.6 Å². The molecule has 0 aliphatic carbocycles. The van der Waals surface area contributed by atoms with Crippen LogP contribution >= 0.6 is 11.8 Å². The van der Waals surface area contributed by atoms with Gasteiger partial charge >= 0.3 is 0 Å². The molecule has 0 fully saturated rings. The largest absolute Gasteiger partial charge is 0.497 e. The zero-order valence-electron chi connectivity index (χ0n) is 9.62. The van der Waals surface area contributed by atoms with Crippen LogP contribution < -0.4 is 10.1 Å². The van der Waals surface area contributed by atoms with Gasteiger partial charge in [-0.05, 0) is 30.9 Å². The molecule has 1 atom stereocenters. The fourth-order valence-corrected chi connectivity index (χ4v) is 1.73. The molecule has 15 heavy (non-hydrogen) atoms. The highest BCUT2D eigenvalue weighted by atomic mass is 32.2. The number of nitrogens with one attached hydrogen (secondary N) is 1. The van der Waals surface area contributed by atoms with Crippen LogP contribution in [-0.2, 0) is 0 Å². The first-order valence-corrected chi connectivity index (χ1v) is 6.53. The Hall–Kier alpha value is -0.670. The van der Waals surface area contributed by atoms with E-state index in [0.717, 1.165) is 18.0 Å². The molecular formula is C12H19NOS. The quantitative estimate of drug-likeness (QED) is 0.752. The van der Waals surface area contributed by atoms with E-state index in [1.54, 1.807) is 7.11 Å². The highest BCUT2D eigenvalue weighted by Gasteiger charge is 2.04. The molecule has 84 valence electrons. The van der Waals surface area contributed by atoms with E-state index in [4.69, 9.17) is 4.74 Å². The molecule has 0 spiro atoms. The molecule has 0 heterocycles. The zero-order valence-corrected chi connectivity index (χ0v) is 10.4. The summed E-state index contributed by atoms with van der Waals surface area (Å²) >= 11 is 1.86. The molecule has 0 aliphatic rings. The predicted octanol–water partition coefficient (Wildman–Crippen LogP) is 2.71. The van der Waals surface area contributed by atoms with Crippen molar-refractivity contribution in [2.24, 2.45) is 0 Å². The molecule has 0 saturated carbocycles. The molecule has 1 N–H and O–H groups in total. The summed E-state index contributed by atoms with van der Waals surface area (Å²) in [6, 6.07) is 8.59. The fraction of sp³-hybridized carbons (Fsp3) is 0.500. The maximum atomic E-state index is 5.20. The van der Waals surface area contributed by atoms with Gasteiger partial charge in [-0.15, -0.1) is 0 Å². The summed E-state index contributed by atoms with van der Waals surface area (Å²) in [5.41, 5.74) is 1.27. The molecular weight excluding hydrogens is 206 g/mol. The lowest BCUT2D eigenvalue weighted by Gasteiger charge is -2.14. The van der Waals surface area contributed by atoms with Gasteiger partial charge in [0.05, 0.1) is 7.11 Å². The number of methoxy groups -OCH3 is 1. The van der Waals surface area contributed by atoms with E-state index in [1.165, 1.54) is 5.56 Å². The number of hydrogen-bond donors (Lipinski definition) is 1. The number of hydrogen-bond acceptors (Lipinski definition) is 3. The fourth-order valence-electron chi connectivity index (χ4n) is 1.41. The average molecular weight is 225 g/mol. The molecule has 1 aromatic carbocycles. The molecule has 0 aromatic heterocycles. The zero-order chi connectivity index (χ0) is 11.1. The summed E-state index contributed by atoms with van der Waals surface area (Å²) in [6.07, 6.45) is 2.12. The second-order valence-corrected chi connectivity index (χ2v) is 4.43. The maximum absolute atomic E-state index is 5.20. The Bertz CT molecular complexity index is 291. The van der Waals surface area contributed by atoms with Crippen LogP contribution in [0, 0.1) is 0 Å². The van der Waals surface area contributed by atoms with Crippen molar-refractivity contribution in [1.29, 1.82) is 0 Å². The van der Waals surface area contributed by atoms with Gasteiger partial charge in [-0.25, -0.2) is 0 Å². The van der Waals surface area contributed by atoms with E-state index in [1.807, 2.05) is 23.9 Å². The Labute approximate surface area is 96.4 Å². The maximum Gasteiger partial charge on any atom is 0.119 e. The number of ether oxygens (including phenoxy) is 1. The van der Waals surface area contributed by atoms with Gasteiger partial charge in [-0.3, -0.25) is 0 Å². The minimum atomic E-state index is 0.382. The first kappa shape index (κ1) is 12.4. The van der Waals surface area contributed by atoms with Gasteiger partial charge in [-0.2, -0.15) is 11.8 Å². The molecule has 1 rings (SSSR count). The van der Waals surface area contributed by atoms with Crippen LogP contribution in [-0.4, -0.2) is 25.7 Å². The van der Waals surface area contributed by atoms with Crippen molar-refractivity contribution in [2.75, 3.05) is 25.7 Å². The Kier molecular flexibility index (Phi) is 5.58. The Morgan fingerprint density at radius 2 is 2.27 bits per heavy atom. The molecule has 2 nitrogen and oxygen atoms in total. The Morgan fingerprint density at radius 3 is 2.93 bits per heavy atom.